The quantitative estimate of drug-likeness (QED) is 0.846. The third kappa shape index (κ3) is 2.31. The second kappa shape index (κ2) is 5.16. The van der Waals surface area contributed by atoms with Crippen LogP contribution in [0.3, 0.4) is 0 Å². The van der Waals surface area contributed by atoms with Crippen LogP contribution in [0.15, 0.2) is 28.9 Å². The lowest BCUT2D eigenvalue weighted by molar-refractivity contribution is 0.416. The molecule has 0 spiro atoms. The van der Waals surface area contributed by atoms with E-state index in [9.17, 15) is 0 Å². The van der Waals surface area contributed by atoms with Crippen LogP contribution < -0.4 is 10.5 Å². The molecular weight excluding hydrogens is 316 g/mol. The molecule has 1 heterocycles. The van der Waals surface area contributed by atoms with Gasteiger partial charge in [0.25, 0.3) is 0 Å². The van der Waals surface area contributed by atoms with Gasteiger partial charge in [-0.2, -0.15) is 0 Å². The van der Waals surface area contributed by atoms with Crippen molar-refractivity contribution in [3.05, 3.63) is 39.6 Å². The zero-order valence-electron chi connectivity index (χ0n) is 10.00. The number of methoxy groups -OCH3 is 1. The minimum atomic E-state index is 0.289. The monoisotopic (exact) mass is 326 g/mol. The Morgan fingerprint density at radius 3 is 2.78 bits per heavy atom. The lowest BCUT2D eigenvalue weighted by Crippen LogP contribution is -1.97. The van der Waals surface area contributed by atoms with Crippen LogP contribution >= 0.6 is 27.5 Å². The van der Waals surface area contributed by atoms with Crippen molar-refractivity contribution in [3.8, 4) is 16.9 Å². The molecule has 3 nitrogen and oxygen atoms in total. The number of halogens is 2. The molecule has 18 heavy (non-hydrogen) atoms. The second-order valence-electron chi connectivity index (χ2n) is 3.89. The Bertz CT molecular complexity index is 602. The predicted molar refractivity (Wildman–Crippen MR) is 78.1 cm³/mol. The summed E-state index contributed by atoms with van der Waals surface area (Å²) < 4.78 is 6.15. The minimum absolute atomic E-state index is 0.289. The average molecular weight is 328 g/mol. The van der Waals surface area contributed by atoms with E-state index < -0.39 is 0 Å². The van der Waals surface area contributed by atoms with Crippen LogP contribution in [-0.4, -0.2) is 12.1 Å². The van der Waals surface area contributed by atoms with Crippen molar-refractivity contribution >= 4 is 33.2 Å². The van der Waals surface area contributed by atoms with Gasteiger partial charge in [-0.25, -0.2) is 4.98 Å². The van der Waals surface area contributed by atoms with Crippen molar-refractivity contribution in [1.82, 2.24) is 4.98 Å². The smallest absolute Gasteiger partial charge is 0.152 e. The Kier molecular flexibility index (Phi) is 3.78. The standard InChI is InChI=1S/C13H12BrClN2O/c1-7-3-4-10(18-2)8(5-7)11-9(14)6-17-13(15)12(11)16/h3-6H,16H2,1-2H3. The number of aryl methyl sites for hydroxylation is 1. The number of nitrogen functional groups attached to an aromatic ring is 1. The Morgan fingerprint density at radius 1 is 1.39 bits per heavy atom. The van der Waals surface area contributed by atoms with E-state index in [-0.39, 0.29) is 5.15 Å². The van der Waals surface area contributed by atoms with Crippen LogP contribution in [0.25, 0.3) is 11.1 Å². The number of pyridine rings is 1. The first kappa shape index (κ1) is 13.2. The molecule has 0 unspecified atom stereocenters. The number of aromatic nitrogens is 1. The Balaban J connectivity index is 2.76. The lowest BCUT2D eigenvalue weighted by atomic mass is 10.0. The number of ether oxygens (including phenoxy) is 1. The maximum absolute atomic E-state index is 6.01. The summed E-state index contributed by atoms with van der Waals surface area (Å²) in [5.41, 5.74) is 9.26. The van der Waals surface area contributed by atoms with Gasteiger partial charge in [0, 0.05) is 21.8 Å². The van der Waals surface area contributed by atoms with Crippen LogP contribution in [0.4, 0.5) is 5.69 Å². The van der Waals surface area contributed by atoms with E-state index in [0.717, 1.165) is 26.9 Å². The van der Waals surface area contributed by atoms with E-state index in [2.05, 4.69) is 20.9 Å². The summed E-state index contributed by atoms with van der Waals surface area (Å²) in [5.74, 6) is 0.746. The summed E-state index contributed by atoms with van der Waals surface area (Å²) in [6.07, 6.45) is 1.63. The van der Waals surface area contributed by atoms with Gasteiger partial charge in [0.1, 0.15) is 5.75 Å². The zero-order chi connectivity index (χ0) is 13.3. The van der Waals surface area contributed by atoms with Gasteiger partial charge in [-0.3, -0.25) is 0 Å². The minimum Gasteiger partial charge on any atom is -0.496 e. The average Bonchev–Trinajstić information content (AvgIpc) is 2.35. The highest BCUT2D eigenvalue weighted by Crippen LogP contribution is 2.41. The lowest BCUT2D eigenvalue weighted by Gasteiger charge is -2.14. The molecule has 1 aromatic heterocycles. The summed E-state index contributed by atoms with van der Waals surface area (Å²) >= 11 is 9.42. The van der Waals surface area contributed by atoms with E-state index in [1.807, 2.05) is 25.1 Å². The number of nitrogens with two attached hydrogens (primary N) is 1. The SMILES string of the molecule is COc1ccc(C)cc1-c1c(Br)cnc(Cl)c1N. The first-order valence-corrected chi connectivity index (χ1v) is 6.46. The fourth-order valence-electron chi connectivity index (χ4n) is 1.77. The zero-order valence-corrected chi connectivity index (χ0v) is 12.3. The van der Waals surface area contributed by atoms with E-state index >= 15 is 0 Å². The molecule has 1 aromatic carbocycles. The molecule has 0 amide bonds. The van der Waals surface area contributed by atoms with E-state index in [4.69, 9.17) is 22.1 Å². The van der Waals surface area contributed by atoms with E-state index in [1.54, 1.807) is 13.3 Å². The highest BCUT2D eigenvalue weighted by molar-refractivity contribution is 9.10. The van der Waals surface area contributed by atoms with Gasteiger partial charge in [-0.05, 0) is 35.0 Å². The number of hydrogen-bond donors (Lipinski definition) is 1. The van der Waals surface area contributed by atoms with Crippen molar-refractivity contribution in [2.24, 2.45) is 0 Å². The number of nitrogens with zero attached hydrogens (tertiary/aromatic N) is 1. The van der Waals surface area contributed by atoms with Crippen molar-refractivity contribution in [2.45, 2.75) is 6.92 Å². The molecule has 0 saturated carbocycles. The normalized spacial score (nSPS) is 10.4. The summed E-state index contributed by atoms with van der Waals surface area (Å²) in [7, 11) is 1.63. The second-order valence-corrected chi connectivity index (χ2v) is 5.10. The van der Waals surface area contributed by atoms with Gasteiger partial charge in [0.05, 0.1) is 12.8 Å². The Morgan fingerprint density at radius 2 is 2.11 bits per heavy atom. The first-order chi connectivity index (χ1) is 8.54. The molecule has 0 atom stereocenters. The highest BCUT2D eigenvalue weighted by atomic mass is 79.9. The fraction of sp³-hybridized carbons (Fsp3) is 0.154. The fourth-order valence-corrected chi connectivity index (χ4v) is 2.44. The number of anilines is 1. The van der Waals surface area contributed by atoms with Crippen LogP contribution in [0.2, 0.25) is 5.15 Å². The maximum atomic E-state index is 6.01. The van der Waals surface area contributed by atoms with Crippen LogP contribution in [0, 0.1) is 6.92 Å². The number of hydrogen-bond acceptors (Lipinski definition) is 3. The third-order valence-corrected chi connectivity index (χ3v) is 3.55. The Labute approximate surface area is 119 Å². The van der Waals surface area contributed by atoms with Crippen LogP contribution in [-0.2, 0) is 0 Å². The van der Waals surface area contributed by atoms with Crippen molar-refractivity contribution in [3.63, 3.8) is 0 Å². The molecule has 94 valence electrons. The van der Waals surface area contributed by atoms with E-state index in [1.165, 1.54) is 0 Å². The van der Waals surface area contributed by atoms with Crippen molar-refractivity contribution in [1.29, 1.82) is 0 Å². The Hall–Kier alpha value is -1.26. The van der Waals surface area contributed by atoms with Crippen molar-refractivity contribution in [2.75, 3.05) is 12.8 Å². The molecule has 5 heteroatoms. The predicted octanol–water partition coefficient (Wildman–Crippen LogP) is 4.06. The van der Waals surface area contributed by atoms with Gasteiger partial charge in [-0.15, -0.1) is 0 Å². The molecule has 0 aliphatic carbocycles. The molecule has 2 N–H and O–H groups in total. The summed E-state index contributed by atoms with van der Waals surface area (Å²) in [6, 6.07) is 5.89. The number of rotatable bonds is 2. The van der Waals surface area contributed by atoms with Gasteiger partial charge in [0.2, 0.25) is 0 Å². The van der Waals surface area contributed by atoms with Crippen molar-refractivity contribution < 1.29 is 4.74 Å². The molecule has 0 aliphatic heterocycles. The summed E-state index contributed by atoms with van der Waals surface area (Å²) in [4.78, 5) is 4.00. The van der Waals surface area contributed by atoms with Crippen LogP contribution in [0.1, 0.15) is 5.56 Å². The largest absolute Gasteiger partial charge is 0.496 e. The first-order valence-electron chi connectivity index (χ1n) is 5.29. The van der Waals surface area contributed by atoms with Gasteiger partial charge < -0.3 is 10.5 Å². The summed E-state index contributed by atoms with van der Waals surface area (Å²) in [5, 5.41) is 0.289. The molecule has 2 aromatic rings. The molecule has 0 radical (unpaired) electrons. The molecule has 0 saturated heterocycles. The third-order valence-electron chi connectivity index (χ3n) is 2.65. The topological polar surface area (TPSA) is 48.1 Å². The molecule has 2 rings (SSSR count). The van der Waals surface area contributed by atoms with Gasteiger partial charge in [-0.1, -0.05) is 23.2 Å². The molecule has 0 bridgehead atoms. The highest BCUT2D eigenvalue weighted by Gasteiger charge is 2.15. The molecule has 0 fully saturated rings. The van der Waals surface area contributed by atoms with Gasteiger partial charge in [0.15, 0.2) is 5.15 Å². The maximum Gasteiger partial charge on any atom is 0.152 e. The number of benzene rings is 1. The van der Waals surface area contributed by atoms with Crippen LogP contribution in [0.5, 0.6) is 5.75 Å². The molecular formula is C13H12BrClN2O. The molecule has 0 aliphatic rings. The van der Waals surface area contributed by atoms with E-state index in [0.29, 0.717) is 5.69 Å². The van der Waals surface area contributed by atoms with Gasteiger partial charge >= 0.3 is 0 Å². The summed E-state index contributed by atoms with van der Waals surface area (Å²) in [6.45, 7) is 2.01.